The van der Waals surface area contributed by atoms with Crippen molar-refractivity contribution in [2.45, 2.75) is 33.1 Å². The number of esters is 1. The maximum Gasteiger partial charge on any atom is 0.331 e. The van der Waals surface area contributed by atoms with Gasteiger partial charge >= 0.3 is 5.97 Å². The van der Waals surface area contributed by atoms with E-state index in [1.165, 1.54) is 0 Å². The Morgan fingerprint density at radius 3 is 2.95 bits per heavy atom. The predicted molar refractivity (Wildman–Crippen MR) is 81.6 cm³/mol. The standard InChI is InChI=1S/C16H22N2O3/c1-3-4-5-8-17-15(19)10-18-11-16(20)21-14-9-12(2)6-7-13(14)18/h6-7,9H,3-5,8,10-11H2,1-2H3,(H,17,19). The van der Waals surface area contributed by atoms with Gasteiger partial charge in [0.2, 0.25) is 5.91 Å². The van der Waals surface area contributed by atoms with Crippen molar-refractivity contribution < 1.29 is 14.3 Å². The molecule has 114 valence electrons. The summed E-state index contributed by atoms with van der Waals surface area (Å²) >= 11 is 0. The third-order valence-corrected chi connectivity index (χ3v) is 3.44. The quantitative estimate of drug-likeness (QED) is 0.495. The molecule has 5 heteroatoms. The summed E-state index contributed by atoms with van der Waals surface area (Å²) in [6.45, 7) is 5.04. The van der Waals surface area contributed by atoms with E-state index in [1.807, 2.05) is 25.1 Å². The molecule has 5 nitrogen and oxygen atoms in total. The lowest BCUT2D eigenvalue weighted by molar-refractivity contribution is -0.133. The SMILES string of the molecule is CCCCCNC(=O)CN1CC(=O)Oc2cc(C)ccc21. The largest absolute Gasteiger partial charge is 0.423 e. The molecule has 0 aliphatic carbocycles. The molecule has 0 unspecified atom stereocenters. The number of aryl methyl sites for hydroxylation is 1. The highest BCUT2D eigenvalue weighted by Gasteiger charge is 2.25. The summed E-state index contributed by atoms with van der Waals surface area (Å²) in [5.74, 6) is 0.143. The summed E-state index contributed by atoms with van der Waals surface area (Å²) in [5.41, 5.74) is 1.82. The zero-order chi connectivity index (χ0) is 15.2. The Bertz CT molecular complexity index is 528. The summed E-state index contributed by atoms with van der Waals surface area (Å²) in [6.07, 6.45) is 3.22. The molecule has 1 aliphatic rings. The Morgan fingerprint density at radius 2 is 2.19 bits per heavy atom. The second kappa shape index (κ2) is 7.11. The molecule has 0 saturated heterocycles. The summed E-state index contributed by atoms with van der Waals surface area (Å²) in [6, 6.07) is 5.66. The van der Waals surface area contributed by atoms with Gasteiger partial charge in [-0.15, -0.1) is 0 Å². The van der Waals surface area contributed by atoms with Crippen LogP contribution in [0.5, 0.6) is 5.75 Å². The van der Waals surface area contributed by atoms with Gasteiger partial charge in [-0.05, 0) is 31.0 Å². The Labute approximate surface area is 125 Å². The topological polar surface area (TPSA) is 58.6 Å². The Morgan fingerprint density at radius 1 is 1.38 bits per heavy atom. The van der Waals surface area contributed by atoms with Crippen LogP contribution in [0.4, 0.5) is 5.69 Å². The number of fused-ring (bicyclic) bond motifs is 1. The minimum Gasteiger partial charge on any atom is -0.423 e. The molecule has 0 aromatic heterocycles. The lowest BCUT2D eigenvalue weighted by Gasteiger charge is -2.29. The van der Waals surface area contributed by atoms with Gasteiger partial charge in [0.05, 0.1) is 12.2 Å². The lowest BCUT2D eigenvalue weighted by atomic mass is 10.1. The first-order valence-electron chi connectivity index (χ1n) is 7.43. The van der Waals surface area contributed by atoms with Gasteiger partial charge in [0.25, 0.3) is 0 Å². The van der Waals surface area contributed by atoms with Gasteiger partial charge in [-0.3, -0.25) is 4.79 Å². The van der Waals surface area contributed by atoms with Crippen molar-refractivity contribution in [3.8, 4) is 5.75 Å². The molecule has 0 saturated carbocycles. The van der Waals surface area contributed by atoms with Crippen LogP contribution in [0.3, 0.4) is 0 Å². The molecular weight excluding hydrogens is 268 g/mol. The second-order valence-corrected chi connectivity index (χ2v) is 5.36. The van der Waals surface area contributed by atoms with E-state index in [4.69, 9.17) is 4.74 Å². The van der Waals surface area contributed by atoms with E-state index >= 15 is 0 Å². The van der Waals surface area contributed by atoms with Crippen LogP contribution in [0.15, 0.2) is 18.2 Å². The average molecular weight is 290 g/mol. The van der Waals surface area contributed by atoms with E-state index in [0.29, 0.717) is 12.3 Å². The van der Waals surface area contributed by atoms with E-state index in [-0.39, 0.29) is 25.0 Å². The van der Waals surface area contributed by atoms with Crippen molar-refractivity contribution in [1.82, 2.24) is 5.32 Å². The van der Waals surface area contributed by atoms with E-state index < -0.39 is 0 Å². The highest BCUT2D eigenvalue weighted by molar-refractivity contribution is 5.89. The first-order valence-corrected chi connectivity index (χ1v) is 7.43. The first kappa shape index (κ1) is 15.4. The summed E-state index contributed by atoms with van der Waals surface area (Å²) in [7, 11) is 0. The number of amides is 1. The maximum absolute atomic E-state index is 12.0. The van der Waals surface area contributed by atoms with Crippen LogP contribution in [0.1, 0.15) is 31.7 Å². The number of carbonyl (C=O) groups is 2. The van der Waals surface area contributed by atoms with E-state index in [2.05, 4.69) is 12.2 Å². The van der Waals surface area contributed by atoms with Crippen LogP contribution in [0.2, 0.25) is 0 Å². The molecule has 1 N–H and O–H groups in total. The van der Waals surface area contributed by atoms with Gasteiger partial charge in [-0.2, -0.15) is 0 Å². The van der Waals surface area contributed by atoms with E-state index in [9.17, 15) is 9.59 Å². The molecule has 21 heavy (non-hydrogen) atoms. The number of nitrogens with zero attached hydrogens (tertiary/aromatic N) is 1. The summed E-state index contributed by atoms with van der Waals surface area (Å²) < 4.78 is 5.23. The van der Waals surface area contributed by atoms with Gasteiger partial charge in [-0.1, -0.05) is 25.8 Å². The molecule has 1 aromatic rings. The fourth-order valence-electron chi connectivity index (χ4n) is 2.33. The number of nitrogens with one attached hydrogen (secondary N) is 1. The molecule has 0 radical (unpaired) electrons. The predicted octanol–water partition coefficient (Wildman–Crippen LogP) is 2.03. The van der Waals surface area contributed by atoms with Gasteiger partial charge in [0.1, 0.15) is 6.54 Å². The fraction of sp³-hybridized carbons (Fsp3) is 0.500. The molecule has 2 rings (SSSR count). The van der Waals surface area contributed by atoms with E-state index in [1.54, 1.807) is 4.90 Å². The van der Waals surface area contributed by atoms with E-state index in [0.717, 1.165) is 30.5 Å². The number of hydrogen-bond acceptors (Lipinski definition) is 4. The lowest BCUT2D eigenvalue weighted by Crippen LogP contribution is -2.43. The van der Waals surface area contributed by atoms with Crippen molar-refractivity contribution >= 4 is 17.6 Å². The van der Waals surface area contributed by atoms with Crippen LogP contribution in [-0.2, 0) is 9.59 Å². The van der Waals surface area contributed by atoms with Crippen molar-refractivity contribution in [2.75, 3.05) is 24.5 Å². The highest BCUT2D eigenvalue weighted by atomic mass is 16.5. The average Bonchev–Trinajstić information content (AvgIpc) is 2.43. The zero-order valence-electron chi connectivity index (χ0n) is 12.6. The smallest absolute Gasteiger partial charge is 0.331 e. The van der Waals surface area contributed by atoms with Crippen LogP contribution >= 0.6 is 0 Å². The molecule has 0 bridgehead atoms. The van der Waals surface area contributed by atoms with Crippen LogP contribution < -0.4 is 15.0 Å². The Balaban J connectivity index is 1.97. The van der Waals surface area contributed by atoms with Gasteiger partial charge in [0.15, 0.2) is 5.75 Å². The summed E-state index contributed by atoms with van der Waals surface area (Å²) in [5, 5.41) is 2.89. The van der Waals surface area contributed by atoms with Crippen LogP contribution in [-0.4, -0.2) is 31.5 Å². The number of rotatable bonds is 6. The number of hydrogen-bond donors (Lipinski definition) is 1. The van der Waals surface area contributed by atoms with Gasteiger partial charge in [-0.25, -0.2) is 4.79 Å². The normalized spacial score (nSPS) is 13.6. The van der Waals surface area contributed by atoms with Crippen molar-refractivity contribution in [1.29, 1.82) is 0 Å². The third-order valence-electron chi connectivity index (χ3n) is 3.44. The maximum atomic E-state index is 12.0. The number of unbranched alkanes of at least 4 members (excludes halogenated alkanes) is 2. The van der Waals surface area contributed by atoms with Crippen molar-refractivity contribution in [3.05, 3.63) is 23.8 Å². The fourth-order valence-corrected chi connectivity index (χ4v) is 2.33. The number of ether oxygens (including phenoxy) is 1. The minimum atomic E-state index is -0.327. The number of carbonyl (C=O) groups excluding carboxylic acids is 2. The second-order valence-electron chi connectivity index (χ2n) is 5.36. The molecule has 1 aromatic carbocycles. The molecule has 0 atom stereocenters. The molecule has 0 spiro atoms. The Kier molecular flexibility index (Phi) is 5.20. The monoisotopic (exact) mass is 290 g/mol. The molecule has 1 amide bonds. The van der Waals surface area contributed by atoms with Crippen molar-refractivity contribution in [2.24, 2.45) is 0 Å². The van der Waals surface area contributed by atoms with Gasteiger partial charge < -0.3 is 15.0 Å². The molecule has 1 heterocycles. The van der Waals surface area contributed by atoms with Crippen LogP contribution in [0, 0.1) is 6.92 Å². The number of benzene rings is 1. The van der Waals surface area contributed by atoms with Crippen LogP contribution in [0.25, 0.3) is 0 Å². The third kappa shape index (κ3) is 4.21. The zero-order valence-corrected chi connectivity index (χ0v) is 12.6. The van der Waals surface area contributed by atoms with Crippen molar-refractivity contribution in [3.63, 3.8) is 0 Å². The molecular formula is C16H22N2O3. The molecule has 0 fully saturated rings. The highest BCUT2D eigenvalue weighted by Crippen LogP contribution is 2.32. The first-order chi connectivity index (χ1) is 10.1. The summed E-state index contributed by atoms with van der Waals surface area (Å²) in [4.78, 5) is 25.3. The minimum absolute atomic E-state index is 0.0627. The Hall–Kier alpha value is -2.04. The molecule has 1 aliphatic heterocycles. The van der Waals surface area contributed by atoms with Gasteiger partial charge in [0, 0.05) is 6.54 Å². The number of anilines is 1.